The minimum Gasteiger partial charge on any atom is -0.298 e. The lowest BCUT2D eigenvalue weighted by molar-refractivity contribution is 0.175. The minimum absolute atomic E-state index is 0.307. The Morgan fingerprint density at radius 1 is 1.33 bits per heavy atom. The molecule has 1 saturated heterocycles. The second-order valence-electron chi connectivity index (χ2n) is 3.31. The van der Waals surface area contributed by atoms with Crippen molar-refractivity contribution in [2.75, 3.05) is 13.0 Å². The molecule has 0 saturated carbocycles. The first-order valence-corrected chi connectivity index (χ1v) is 3.29. The van der Waals surface area contributed by atoms with Crippen molar-refractivity contribution in [3.8, 4) is 0 Å². The van der Waals surface area contributed by atoms with E-state index in [0.717, 1.165) is 0 Å². The van der Waals surface area contributed by atoms with E-state index in [1.54, 1.807) is 4.90 Å². The van der Waals surface area contributed by atoms with Gasteiger partial charge in [-0.2, -0.15) is 0 Å². The first kappa shape index (κ1) is 3.38. The van der Waals surface area contributed by atoms with Crippen LogP contribution in [0.15, 0.2) is 0 Å². The average molecular weight is 131 g/mol. The third-order valence-electron chi connectivity index (χ3n) is 1.45. The summed E-state index contributed by atoms with van der Waals surface area (Å²) in [6, 6.07) is 0. The molecule has 0 aliphatic carbocycles. The fourth-order valence-corrected chi connectivity index (χ4v) is 0.821. The summed E-state index contributed by atoms with van der Waals surface area (Å²) >= 11 is 0. The molecular formula is C8H17N. The molecule has 1 aliphatic rings. The van der Waals surface area contributed by atoms with Gasteiger partial charge in [0.25, 0.3) is 0 Å². The highest BCUT2D eigenvalue weighted by atomic mass is 15.2. The second-order valence-corrected chi connectivity index (χ2v) is 3.31. The van der Waals surface area contributed by atoms with Gasteiger partial charge in [-0.3, -0.25) is 4.90 Å². The predicted molar refractivity (Wildman–Crippen MR) is 40.6 cm³/mol. The molecule has 9 heavy (non-hydrogen) atoms. The van der Waals surface area contributed by atoms with Gasteiger partial charge in [0.15, 0.2) is 0 Å². The average Bonchev–Trinajstić information content (AvgIpc) is 2.12. The molecule has 1 heterocycles. The molecule has 0 aromatic carbocycles. The second kappa shape index (κ2) is 2.30. The van der Waals surface area contributed by atoms with Gasteiger partial charge in [0, 0.05) is 11.0 Å². The van der Waals surface area contributed by atoms with Crippen molar-refractivity contribution in [2.45, 2.75) is 39.1 Å². The van der Waals surface area contributed by atoms with Gasteiger partial charge in [-0.1, -0.05) is 0 Å². The Balaban J connectivity index is 2.91. The van der Waals surface area contributed by atoms with Crippen LogP contribution < -0.4 is 0 Å². The summed E-state index contributed by atoms with van der Waals surface area (Å²) in [7, 11) is 0. The molecular weight excluding hydrogens is 110 g/mol. The molecule has 0 spiro atoms. The zero-order valence-corrected chi connectivity index (χ0v) is 6.31. The largest absolute Gasteiger partial charge is 0.298 e. The smallest absolute Gasteiger partial charge is 0.0431 e. The first-order chi connectivity index (χ1) is 5.67. The molecule has 0 bridgehead atoms. The molecule has 0 aromatic heterocycles. The van der Waals surface area contributed by atoms with Crippen LogP contribution in [-0.2, 0) is 0 Å². The van der Waals surface area contributed by atoms with Gasteiger partial charge in [0.1, 0.15) is 0 Å². The van der Waals surface area contributed by atoms with E-state index in [1.807, 2.05) is 20.8 Å². The van der Waals surface area contributed by atoms with E-state index in [2.05, 4.69) is 0 Å². The van der Waals surface area contributed by atoms with Crippen LogP contribution in [0.25, 0.3) is 0 Å². The van der Waals surface area contributed by atoms with Gasteiger partial charge >= 0.3 is 0 Å². The maximum Gasteiger partial charge on any atom is 0.0431 e. The Bertz CT molecular complexity index is 199. The normalized spacial score (nSPS) is 51.4. The molecule has 0 radical (unpaired) electrons. The van der Waals surface area contributed by atoms with Gasteiger partial charge in [0.05, 0.1) is 0 Å². The minimum atomic E-state index is -1.66. The Morgan fingerprint density at radius 3 is 2.22 bits per heavy atom. The summed E-state index contributed by atoms with van der Waals surface area (Å²) in [5.41, 5.74) is -0.307. The molecule has 0 N–H and O–H groups in total. The zero-order valence-electron chi connectivity index (χ0n) is 10.3. The summed E-state index contributed by atoms with van der Waals surface area (Å²) < 4.78 is 30.5. The summed E-state index contributed by atoms with van der Waals surface area (Å²) in [5.74, 6) is 0. The van der Waals surface area contributed by atoms with Crippen LogP contribution in [0, 0.1) is 0 Å². The lowest BCUT2D eigenvalue weighted by atomic mass is 10.1. The number of rotatable bonds is 0. The van der Waals surface area contributed by atoms with E-state index in [9.17, 15) is 0 Å². The van der Waals surface area contributed by atoms with Gasteiger partial charge < -0.3 is 0 Å². The van der Waals surface area contributed by atoms with Crippen LogP contribution in [0.3, 0.4) is 0 Å². The van der Waals surface area contributed by atoms with Gasteiger partial charge in [-0.25, -0.2) is 0 Å². The number of hydrogen-bond donors (Lipinski definition) is 0. The quantitative estimate of drug-likeness (QED) is 0.485. The van der Waals surface area contributed by atoms with Gasteiger partial charge in [-0.15, -0.1) is 0 Å². The highest BCUT2D eigenvalue weighted by Crippen LogP contribution is 2.19. The number of hydrogen-bond acceptors (Lipinski definition) is 1. The Labute approximate surface area is 63.7 Å². The molecule has 2 unspecified atom stereocenters. The summed E-state index contributed by atoms with van der Waals surface area (Å²) in [6.45, 7) is 4.43. The predicted octanol–water partition coefficient (Wildman–Crippen LogP) is 1.88. The van der Waals surface area contributed by atoms with Gasteiger partial charge in [-0.05, 0) is 46.6 Å². The molecule has 1 rings (SSSR count). The Morgan fingerprint density at radius 2 is 2.00 bits per heavy atom. The van der Waals surface area contributed by atoms with Crippen molar-refractivity contribution in [3.63, 3.8) is 0 Å². The maximum atomic E-state index is 7.72. The summed E-state index contributed by atoms with van der Waals surface area (Å²) in [5, 5.41) is 0. The zero-order chi connectivity index (χ0) is 10.4. The number of likely N-dealkylation sites (tertiary alicyclic amines) is 1. The van der Waals surface area contributed by atoms with Crippen molar-refractivity contribution < 1.29 is 5.48 Å². The van der Waals surface area contributed by atoms with E-state index in [0.29, 0.717) is 6.54 Å². The van der Waals surface area contributed by atoms with Crippen molar-refractivity contribution in [3.05, 3.63) is 0 Å². The summed E-state index contributed by atoms with van der Waals surface area (Å²) in [4.78, 5) is 1.61. The molecule has 2 atom stereocenters. The van der Waals surface area contributed by atoms with E-state index in [4.69, 9.17) is 5.48 Å². The van der Waals surface area contributed by atoms with E-state index >= 15 is 0 Å². The molecule has 54 valence electrons. The van der Waals surface area contributed by atoms with Crippen LogP contribution in [0.4, 0.5) is 0 Å². The van der Waals surface area contributed by atoms with E-state index in [-0.39, 0.29) is 5.54 Å². The van der Waals surface area contributed by atoms with Crippen LogP contribution >= 0.6 is 0 Å². The molecule has 1 heteroatoms. The SMILES string of the molecule is [2H]C1CN(C(C)(C)C)C([2H])([2H])C1[2H]. The van der Waals surface area contributed by atoms with Crippen molar-refractivity contribution >= 4 is 0 Å². The van der Waals surface area contributed by atoms with Gasteiger partial charge in [0.2, 0.25) is 0 Å². The third-order valence-corrected chi connectivity index (χ3v) is 1.45. The Hall–Kier alpha value is -0.0400. The lowest BCUT2D eigenvalue weighted by Gasteiger charge is -2.31. The Kier molecular flexibility index (Phi) is 0.862. The lowest BCUT2D eigenvalue weighted by Crippen LogP contribution is -2.38. The fraction of sp³-hybridized carbons (Fsp3) is 1.00. The first-order valence-electron chi connectivity index (χ1n) is 5.45. The van der Waals surface area contributed by atoms with Crippen LogP contribution in [0.1, 0.15) is 39.0 Å². The molecule has 0 aromatic rings. The van der Waals surface area contributed by atoms with Crippen molar-refractivity contribution in [2.24, 2.45) is 0 Å². The molecule has 0 amide bonds. The highest BCUT2D eigenvalue weighted by molar-refractivity contribution is 4.79. The molecule has 1 nitrogen and oxygen atoms in total. The van der Waals surface area contributed by atoms with Crippen molar-refractivity contribution in [1.82, 2.24) is 4.90 Å². The fourth-order valence-electron chi connectivity index (χ4n) is 0.821. The summed E-state index contributed by atoms with van der Waals surface area (Å²) in [6.07, 6.45) is -1.58. The van der Waals surface area contributed by atoms with Crippen LogP contribution in [0.2, 0.25) is 0 Å². The highest BCUT2D eigenvalue weighted by Gasteiger charge is 2.23. The topological polar surface area (TPSA) is 3.24 Å². The monoisotopic (exact) mass is 131 g/mol. The molecule has 1 aliphatic heterocycles. The number of nitrogens with zero attached hydrogens (tertiary/aromatic N) is 1. The van der Waals surface area contributed by atoms with Crippen LogP contribution in [-0.4, -0.2) is 23.5 Å². The van der Waals surface area contributed by atoms with E-state index < -0.39 is 19.3 Å². The molecule has 1 fully saturated rings. The van der Waals surface area contributed by atoms with E-state index in [1.165, 1.54) is 0 Å². The third kappa shape index (κ3) is 1.68. The maximum absolute atomic E-state index is 7.72. The van der Waals surface area contributed by atoms with Crippen LogP contribution in [0.5, 0.6) is 0 Å². The standard InChI is InChI=1S/C8H17N/c1-8(2,3)9-6-4-5-7-9/h4-7H2,1-3H3/i4D,5D,6D2. The van der Waals surface area contributed by atoms with Crippen molar-refractivity contribution in [1.29, 1.82) is 0 Å².